The number of hydrogen-bond donors (Lipinski definition) is 1. The number of likely N-dealkylation sites (tertiary alicyclic amines) is 1. The van der Waals surface area contributed by atoms with Gasteiger partial charge in [0.2, 0.25) is 5.91 Å². The first-order valence-corrected chi connectivity index (χ1v) is 9.28. The zero-order chi connectivity index (χ0) is 13.4. The molecule has 18 heavy (non-hydrogen) atoms. The van der Waals surface area contributed by atoms with Crippen LogP contribution in [0.2, 0.25) is 0 Å². The van der Waals surface area contributed by atoms with Crippen molar-refractivity contribution in [2.45, 2.75) is 43.9 Å². The number of nitrogens with zero attached hydrogens (tertiary/aromatic N) is 1. The van der Waals surface area contributed by atoms with Crippen LogP contribution in [0.3, 0.4) is 0 Å². The van der Waals surface area contributed by atoms with Crippen LogP contribution in [-0.2, 0) is 4.79 Å². The Morgan fingerprint density at radius 1 is 1.50 bits per heavy atom. The van der Waals surface area contributed by atoms with Crippen LogP contribution in [0, 0.1) is 0 Å². The van der Waals surface area contributed by atoms with Crippen LogP contribution in [0.4, 0.5) is 0 Å². The van der Waals surface area contributed by atoms with Crippen molar-refractivity contribution in [1.29, 1.82) is 0 Å². The molecule has 1 fully saturated rings. The van der Waals surface area contributed by atoms with E-state index in [2.05, 4.69) is 13.2 Å². The molecule has 2 atom stereocenters. The molecule has 3 nitrogen and oxygen atoms in total. The van der Waals surface area contributed by atoms with Crippen molar-refractivity contribution in [2.75, 3.05) is 30.9 Å². The van der Waals surface area contributed by atoms with Gasteiger partial charge in [0.1, 0.15) is 0 Å². The average Bonchev–Trinajstić information content (AvgIpc) is 2.61. The molecule has 1 aliphatic heterocycles. The van der Waals surface area contributed by atoms with Gasteiger partial charge in [-0.1, -0.05) is 13.3 Å². The summed E-state index contributed by atoms with van der Waals surface area (Å²) in [5, 5.41) is 0.606. The number of hydrogen-bond acceptors (Lipinski definition) is 4. The highest BCUT2D eigenvalue weighted by Crippen LogP contribution is 2.22. The van der Waals surface area contributed by atoms with E-state index in [-0.39, 0.29) is 11.9 Å². The van der Waals surface area contributed by atoms with Crippen molar-refractivity contribution >= 4 is 29.4 Å². The lowest BCUT2D eigenvalue weighted by atomic mass is 10.2. The second-order valence-corrected chi connectivity index (χ2v) is 7.31. The molecule has 0 spiro atoms. The van der Waals surface area contributed by atoms with Gasteiger partial charge in [-0.2, -0.15) is 23.5 Å². The molecule has 0 radical (unpaired) electrons. The van der Waals surface area contributed by atoms with E-state index < -0.39 is 0 Å². The van der Waals surface area contributed by atoms with Crippen molar-refractivity contribution in [3.05, 3.63) is 0 Å². The molecule has 1 heterocycles. The van der Waals surface area contributed by atoms with Gasteiger partial charge in [0.25, 0.3) is 0 Å². The third-order valence-corrected chi connectivity index (χ3v) is 5.13. The van der Waals surface area contributed by atoms with E-state index >= 15 is 0 Å². The molecule has 0 aliphatic carbocycles. The van der Waals surface area contributed by atoms with Crippen LogP contribution in [-0.4, -0.2) is 52.9 Å². The first-order valence-electron chi connectivity index (χ1n) is 6.84. The van der Waals surface area contributed by atoms with Crippen LogP contribution in [0.1, 0.15) is 32.6 Å². The number of rotatable bonds is 6. The van der Waals surface area contributed by atoms with Gasteiger partial charge in [-0.05, 0) is 37.0 Å². The highest BCUT2D eigenvalue weighted by molar-refractivity contribution is 7.99. The Balaban J connectivity index is 2.48. The van der Waals surface area contributed by atoms with Crippen LogP contribution in [0.5, 0.6) is 0 Å². The molecule has 106 valence electrons. The lowest BCUT2D eigenvalue weighted by Crippen LogP contribution is -2.46. The number of thioether (sulfide) groups is 2. The third-order valence-electron chi connectivity index (χ3n) is 3.29. The summed E-state index contributed by atoms with van der Waals surface area (Å²) >= 11 is 3.73. The maximum atomic E-state index is 12.3. The highest BCUT2D eigenvalue weighted by Gasteiger charge is 2.25. The Bertz CT molecular complexity index is 251. The Morgan fingerprint density at radius 3 is 2.94 bits per heavy atom. The summed E-state index contributed by atoms with van der Waals surface area (Å²) in [4.78, 5) is 14.3. The van der Waals surface area contributed by atoms with Crippen LogP contribution < -0.4 is 5.73 Å². The zero-order valence-electron chi connectivity index (χ0n) is 11.6. The molecule has 2 N–H and O–H groups in total. The molecule has 1 unspecified atom stereocenters. The fourth-order valence-electron chi connectivity index (χ4n) is 2.28. The SMILES string of the molecule is CCSC1CCCCN(C(=O)[C@@H](N)CCSC)C1. The summed E-state index contributed by atoms with van der Waals surface area (Å²) in [6, 6.07) is -0.303. The van der Waals surface area contributed by atoms with Gasteiger partial charge in [-0.15, -0.1) is 0 Å². The van der Waals surface area contributed by atoms with E-state index in [0.29, 0.717) is 5.25 Å². The van der Waals surface area contributed by atoms with E-state index in [4.69, 9.17) is 5.73 Å². The van der Waals surface area contributed by atoms with Crippen molar-refractivity contribution in [3.8, 4) is 0 Å². The predicted molar refractivity (Wildman–Crippen MR) is 83.3 cm³/mol. The van der Waals surface area contributed by atoms with Gasteiger partial charge in [0, 0.05) is 18.3 Å². The quantitative estimate of drug-likeness (QED) is 0.814. The average molecular weight is 290 g/mol. The lowest BCUT2D eigenvalue weighted by Gasteiger charge is -2.26. The second-order valence-electron chi connectivity index (χ2n) is 4.75. The van der Waals surface area contributed by atoms with E-state index in [1.165, 1.54) is 12.8 Å². The number of carbonyl (C=O) groups is 1. The normalized spacial score (nSPS) is 22.6. The molecular formula is C13H26N2OS2. The molecule has 0 aromatic rings. The lowest BCUT2D eigenvalue weighted by molar-refractivity contribution is -0.132. The van der Waals surface area contributed by atoms with Gasteiger partial charge in [0.15, 0.2) is 0 Å². The maximum absolute atomic E-state index is 12.3. The summed E-state index contributed by atoms with van der Waals surface area (Å²) in [5.74, 6) is 2.26. The number of carbonyl (C=O) groups excluding carboxylic acids is 1. The van der Waals surface area contributed by atoms with Crippen LogP contribution in [0.25, 0.3) is 0 Å². The first kappa shape index (κ1) is 16.2. The first-order chi connectivity index (χ1) is 8.69. The molecule has 1 aliphatic rings. The van der Waals surface area contributed by atoms with Crippen molar-refractivity contribution in [1.82, 2.24) is 4.90 Å². The minimum atomic E-state index is -0.303. The molecule has 1 rings (SSSR count). The molecule has 0 aromatic carbocycles. The summed E-state index contributed by atoms with van der Waals surface area (Å²) in [6.45, 7) is 3.98. The minimum Gasteiger partial charge on any atom is -0.340 e. The van der Waals surface area contributed by atoms with Gasteiger partial charge in [-0.3, -0.25) is 4.79 Å². The molecule has 1 saturated heterocycles. The van der Waals surface area contributed by atoms with Gasteiger partial charge in [0.05, 0.1) is 6.04 Å². The topological polar surface area (TPSA) is 46.3 Å². The predicted octanol–water partition coefficient (Wildman–Crippen LogP) is 2.20. The van der Waals surface area contributed by atoms with E-state index in [9.17, 15) is 4.79 Å². The summed E-state index contributed by atoms with van der Waals surface area (Å²) in [6.07, 6.45) is 6.45. The van der Waals surface area contributed by atoms with E-state index in [1.54, 1.807) is 11.8 Å². The Labute approximate surface area is 120 Å². The molecule has 5 heteroatoms. The monoisotopic (exact) mass is 290 g/mol. The molecule has 0 aromatic heterocycles. The smallest absolute Gasteiger partial charge is 0.239 e. The largest absolute Gasteiger partial charge is 0.340 e. The van der Waals surface area contributed by atoms with Crippen molar-refractivity contribution < 1.29 is 4.79 Å². The van der Waals surface area contributed by atoms with Crippen molar-refractivity contribution in [2.24, 2.45) is 5.73 Å². The summed E-state index contributed by atoms with van der Waals surface area (Å²) in [5.41, 5.74) is 5.99. The third kappa shape index (κ3) is 5.41. The second kappa shape index (κ2) is 9.10. The summed E-state index contributed by atoms with van der Waals surface area (Å²) < 4.78 is 0. The Kier molecular flexibility index (Phi) is 8.18. The van der Waals surface area contributed by atoms with E-state index in [1.807, 2.05) is 16.7 Å². The van der Waals surface area contributed by atoms with E-state index in [0.717, 1.165) is 37.4 Å². The standard InChI is InChI=1S/C13H26N2OS2/c1-3-18-11-6-4-5-8-15(10-11)13(16)12(14)7-9-17-2/h11-12H,3-10,14H2,1-2H3/t11?,12-/m0/s1. The molecule has 0 bridgehead atoms. The fraction of sp³-hybridized carbons (Fsp3) is 0.923. The summed E-state index contributed by atoms with van der Waals surface area (Å²) in [7, 11) is 0. The fourth-order valence-corrected chi connectivity index (χ4v) is 3.86. The van der Waals surface area contributed by atoms with Gasteiger partial charge < -0.3 is 10.6 Å². The zero-order valence-corrected chi connectivity index (χ0v) is 13.2. The van der Waals surface area contributed by atoms with Crippen molar-refractivity contribution in [3.63, 3.8) is 0 Å². The van der Waals surface area contributed by atoms with Gasteiger partial charge in [-0.25, -0.2) is 0 Å². The van der Waals surface area contributed by atoms with Crippen LogP contribution >= 0.6 is 23.5 Å². The minimum absolute atomic E-state index is 0.160. The van der Waals surface area contributed by atoms with Gasteiger partial charge >= 0.3 is 0 Å². The van der Waals surface area contributed by atoms with Crippen LogP contribution in [0.15, 0.2) is 0 Å². The molecular weight excluding hydrogens is 264 g/mol. The number of amides is 1. The highest BCUT2D eigenvalue weighted by atomic mass is 32.2. The molecule has 1 amide bonds. The number of nitrogens with two attached hydrogens (primary N) is 1. The Morgan fingerprint density at radius 2 is 2.28 bits per heavy atom. The maximum Gasteiger partial charge on any atom is 0.239 e. The molecule has 0 saturated carbocycles. The Hall–Kier alpha value is 0.130.